The van der Waals surface area contributed by atoms with Crippen molar-refractivity contribution in [3.05, 3.63) is 57.7 Å². The first-order chi connectivity index (χ1) is 11.9. The van der Waals surface area contributed by atoms with Crippen LogP contribution in [0.2, 0.25) is 0 Å². The van der Waals surface area contributed by atoms with Gasteiger partial charge in [0.05, 0.1) is 12.5 Å². The lowest BCUT2D eigenvalue weighted by molar-refractivity contribution is -0.139. The highest BCUT2D eigenvalue weighted by Crippen LogP contribution is 2.44. The Bertz CT molecular complexity index is 804. The molecular weight excluding hydrogens is 318 g/mol. The average molecular weight is 341 g/mol. The van der Waals surface area contributed by atoms with Crippen LogP contribution in [0.5, 0.6) is 0 Å². The summed E-state index contributed by atoms with van der Waals surface area (Å²) in [5.74, 6) is -0.418. The fourth-order valence-corrected chi connectivity index (χ4v) is 3.55. The number of ketones is 1. The molecule has 0 saturated heterocycles. The van der Waals surface area contributed by atoms with Gasteiger partial charge in [-0.2, -0.15) is 0 Å². The van der Waals surface area contributed by atoms with Gasteiger partial charge < -0.3 is 15.2 Å². The minimum Gasteiger partial charge on any atom is -0.462 e. The predicted molar refractivity (Wildman–Crippen MR) is 93.5 cm³/mol. The number of hydrogen-bond acceptors (Lipinski definition) is 5. The molecule has 5 nitrogen and oxygen atoms in total. The number of rotatable bonds is 3. The summed E-state index contributed by atoms with van der Waals surface area (Å²) in [6.45, 7) is 5.92. The van der Waals surface area contributed by atoms with Crippen molar-refractivity contribution >= 4 is 11.8 Å². The van der Waals surface area contributed by atoms with E-state index in [4.69, 9.17) is 15.2 Å². The molecule has 1 heterocycles. The number of Topliss-reactive ketones (excluding diaryl/α,β-unsaturated/α-hetero) is 1. The van der Waals surface area contributed by atoms with Crippen LogP contribution in [0.3, 0.4) is 0 Å². The summed E-state index contributed by atoms with van der Waals surface area (Å²) >= 11 is 0. The van der Waals surface area contributed by atoms with Gasteiger partial charge in [0.15, 0.2) is 5.78 Å². The molecular formula is C20H23NO4. The van der Waals surface area contributed by atoms with Crippen LogP contribution >= 0.6 is 0 Å². The van der Waals surface area contributed by atoms with Gasteiger partial charge in [0.2, 0.25) is 5.88 Å². The van der Waals surface area contributed by atoms with Crippen molar-refractivity contribution in [3.63, 3.8) is 0 Å². The van der Waals surface area contributed by atoms with Crippen molar-refractivity contribution in [2.75, 3.05) is 6.61 Å². The SMILES string of the molecule is CCOC(=O)C1=C(N)OC2=C(C(=O)CCC2)C1c1cc(C)ccc1C. The van der Waals surface area contributed by atoms with Crippen LogP contribution in [0.1, 0.15) is 48.8 Å². The number of hydrogen-bond donors (Lipinski definition) is 1. The Hall–Kier alpha value is -2.56. The summed E-state index contributed by atoms with van der Waals surface area (Å²) < 4.78 is 10.9. The maximum atomic E-state index is 12.7. The second-order valence-electron chi connectivity index (χ2n) is 6.51. The zero-order valence-electron chi connectivity index (χ0n) is 14.8. The molecule has 1 aromatic carbocycles. The van der Waals surface area contributed by atoms with Gasteiger partial charge in [0.1, 0.15) is 11.3 Å². The molecule has 1 aliphatic carbocycles. The van der Waals surface area contributed by atoms with E-state index < -0.39 is 11.9 Å². The minimum absolute atomic E-state index is 0.0152. The number of esters is 1. The summed E-state index contributed by atoms with van der Waals surface area (Å²) in [5.41, 5.74) is 9.82. The van der Waals surface area contributed by atoms with Gasteiger partial charge in [0.25, 0.3) is 0 Å². The molecule has 5 heteroatoms. The molecule has 0 fully saturated rings. The van der Waals surface area contributed by atoms with E-state index in [1.807, 2.05) is 32.0 Å². The second kappa shape index (κ2) is 6.75. The molecule has 3 rings (SSSR count). The van der Waals surface area contributed by atoms with Gasteiger partial charge in [-0.25, -0.2) is 4.79 Å². The van der Waals surface area contributed by atoms with E-state index in [-0.39, 0.29) is 23.8 Å². The van der Waals surface area contributed by atoms with Crippen LogP contribution in [0.25, 0.3) is 0 Å². The molecule has 1 aromatic rings. The summed E-state index contributed by atoms with van der Waals surface area (Å²) in [7, 11) is 0. The Kier molecular flexibility index (Phi) is 4.66. The number of carbonyl (C=O) groups excluding carboxylic acids is 2. The van der Waals surface area contributed by atoms with Crippen molar-refractivity contribution in [1.82, 2.24) is 0 Å². The molecule has 1 atom stereocenters. The van der Waals surface area contributed by atoms with E-state index >= 15 is 0 Å². The zero-order valence-corrected chi connectivity index (χ0v) is 14.8. The first kappa shape index (κ1) is 17.3. The molecule has 25 heavy (non-hydrogen) atoms. The van der Waals surface area contributed by atoms with E-state index in [1.54, 1.807) is 6.92 Å². The van der Waals surface area contributed by atoms with Gasteiger partial charge in [-0.05, 0) is 38.3 Å². The molecule has 2 aliphatic rings. The Morgan fingerprint density at radius 3 is 2.80 bits per heavy atom. The number of nitrogens with two attached hydrogens (primary N) is 1. The summed E-state index contributed by atoms with van der Waals surface area (Å²) in [5, 5.41) is 0. The summed E-state index contributed by atoms with van der Waals surface area (Å²) in [6.07, 6.45) is 1.85. The van der Waals surface area contributed by atoms with Crippen LogP contribution in [0, 0.1) is 13.8 Å². The number of ether oxygens (including phenoxy) is 2. The van der Waals surface area contributed by atoms with Crippen molar-refractivity contribution in [1.29, 1.82) is 0 Å². The van der Waals surface area contributed by atoms with Crippen molar-refractivity contribution in [2.45, 2.75) is 46.0 Å². The normalized spacial score (nSPS) is 20.3. The van der Waals surface area contributed by atoms with Gasteiger partial charge in [-0.1, -0.05) is 23.8 Å². The molecule has 0 amide bonds. The van der Waals surface area contributed by atoms with Crippen LogP contribution < -0.4 is 5.73 Å². The van der Waals surface area contributed by atoms with E-state index in [1.165, 1.54) is 0 Å². The first-order valence-corrected chi connectivity index (χ1v) is 8.62. The fraction of sp³-hybridized carbons (Fsp3) is 0.400. The number of carbonyl (C=O) groups is 2. The van der Waals surface area contributed by atoms with E-state index in [0.29, 0.717) is 24.2 Å². The lowest BCUT2D eigenvalue weighted by Gasteiger charge is -2.33. The van der Waals surface area contributed by atoms with Crippen LogP contribution in [-0.4, -0.2) is 18.4 Å². The van der Waals surface area contributed by atoms with E-state index in [2.05, 4.69) is 0 Å². The summed E-state index contributed by atoms with van der Waals surface area (Å²) in [4.78, 5) is 25.3. The highest BCUT2D eigenvalue weighted by atomic mass is 16.5. The molecule has 1 aliphatic heterocycles. The van der Waals surface area contributed by atoms with Crippen molar-refractivity contribution in [3.8, 4) is 0 Å². The quantitative estimate of drug-likeness (QED) is 0.855. The number of benzene rings is 1. The second-order valence-corrected chi connectivity index (χ2v) is 6.51. The fourth-order valence-electron chi connectivity index (χ4n) is 3.55. The van der Waals surface area contributed by atoms with Crippen LogP contribution in [0.4, 0.5) is 0 Å². The number of aryl methyl sites for hydroxylation is 2. The Morgan fingerprint density at radius 1 is 1.32 bits per heavy atom. The van der Waals surface area contributed by atoms with Gasteiger partial charge >= 0.3 is 5.97 Å². The predicted octanol–water partition coefficient (Wildman–Crippen LogP) is 3.16. The van der Waals surface area contributed by atoms with Crippen LogP contribution in [0.15, 0.2) is 41.0 Å². The molecule has 0 radical (unpaired) electrons. The molecule has 2 N–H and O–H groups in total. The Labute approximate surface area is 147 Å². The van der Waals surface area contributed by atoms with Gasteiger partial charge in [0, 0.05) is 18.4 Å². The maximum Gasteiger partial charge on any atom is 0.340 e. The monoisotopic (exact) mass is 341 g/mol. The molecule has 0 spiro atoms. The topological polar surface area (TPSA) is 78.6 Å². The van der Waals surface area contributed by atoms with E-state index in [9.17, 15) is 9.59 Å². The Balaban J connectivity index is 2.22. The third-order valence-electron chi connectivity index (χ3n) is 4.73. The lowest BCUT2D eigenvalue weighted by atomic mass is 9.75. The van der Waals surface area contributed by atoms with Crippen LogP contribution in [-0.2, 0) is 19.1 Å². The van der Waals surface area contributed by atoms with Crippen molar-refractivity contribution in [2.24, 2.45) is 5.73 Å². The number of allylic oxidation sites excluding steroid dienone is 2. The highest BCUT2D eigenvalue weighted by Gasteiger charge is 2.41. The minimum atomic E-state index is -0.532. The molecule has 1 unspecified atom stereocenters. The third-order valence-corrected chi connectivity index (χ3v) is 4.73. The van der Waals surface area contributed by atoms with Crippen molar-refractivity contribution < 1.29 is 19.1 Å². The zero-order chi connectivity index (χ0) is 18.1. The van der Waals surface area contributed by atoms with Gasteiger partial charge in [-0.15, -0.1) is 0 Å². The molecule has 132 valence electrons. The third kappa shape index (κ3) is 3.06. The standard InChI is InChI=1S/C20H23NO4/c1-4-24-20(23)18-16(13-10-11(2)8-9-12(13)3)17-14(22)6-5-7-15(17)25-19(18)21/h8-10,16H,4-7,21H2,1-3H3. The molecule has 0 aromatic heterocycles. The lowest BCUT2D eigenvalue weighted by Crippen LogP contribution is -2.31. The largest absolute Gasteiger partial charge is 0.462 e. The smallest absolute Gasteiger partial charge is 0.340 e. The maximum absolute atomic E-state index is 12.7. The van der Waals surface area contributed by atoms with E-state index in [0.717, 1.165) is 23.1 Å². The highest BCUT2D eigenvalue weighted by molar-refractivity contribution is 6.03. The summed E-state index contributed by atoms with van der Waals surface area (Å²) in [6, 6.07) is 6.00. The van der Waals surface area contributed by atoms with Gasteiger partial charge in [-0.3, -0.25) is 4.79 Å². The molecule has 0 bridgehead atoms. The molecule has 0 saturated carbocycles. The average Bonchev–Trinajstić information content (AvgIpc) is 2.56. The first-order valence-electron chi connectivity index (χ1n) is 8.62. The Morgan fingerprint density at radius 2 is 2.08 bits per heavy atom.